The lowest BCUT2D eigenvalue weighted by molar-refractivity contribution is -0.140. The van der Waals surface area contributed by atoms with Crippen LogP contribution in [0.25, 0.3) is 0 Å². The van der Waals surface area contributed by atoms with Crippen LogP contribution in [0.2, 0.25) is 0 Å². The number of urea groups is 1. The predicted molar refractivity (Wildman–Crippen MR) is 101 cm³/mol. The second-order valence-corrected chi connectivity index (χ2v) is 8.67. The second-order valence-electron chi connectivity index (χ2n) is 8.67. The van der Waals surface area contributed by atoms with E-state index in [9.17, 15) is 14.4 Å². The summed E-state index contributed by atoms with van der Waals surface area (Å²) in [4.78, 5) is 42.1. The Kier molecular flexibility index (Phi) is 6.89. The van der Waals surface area contributed by atoms with Crippen molar-refractivity contribution in [2.24, 2.45) is 11.3 Å². The molecule has 148 valence electrons. The molecule has 1 N–H and O–H groups in total. The van der Waals surface area contributed by atoms with E-state index < -0.39 is 0 Å². The number of nitrogens with zero attached hydrogens (tertiary/aromatic N) is 3. The van der Waals surface area contributed by atoms with Crippen molar-refractivity contribution >= 4 is 17.8 Å². The number of nitrogens with one attached hydrogen (secondary N) is 1. The van der Waals surface area contributed by atoms with Crippen molar-refractivity contribution in [3.05, 3.63) is 0 Å². The minimum Gasteiger partial charge on any atom is -0.343 e. The maximum Gasteiger partial charge on any atom is 0.317 e. The van der Waals surface area contributed by atoms with Crippen LogP contribution in [-0.4, -0.2) is 78.4 Å². The minimum absolute atomic E-state index is 0.00636. The van der Waals surface area contributed by atoms with Crippen molar-refractivity contribution < 1.29 is 14.4 Å². The van der Waals surface area contributed by atoms with E-state index in [0.717, 1.165) is 19.3 Å². The Morgan fingerprint density at radius 1 is 0.885 bits per heavy atom. The van der Waals surface area contributed by atoms with Gasteiger partial charge in [0.2, 0.25) is 11.8 Å². The molecule has 0 bridgehead atoms. The maximum absolute atomic E-state index is 12.8. The number of likely N-dealkylation sites (tertiary alicyclic amines) is 1. The number of carbonyl (C=O) groups excluding carboxylic acids is 3. The summed E-state index contributed by atoms with van der Waals surface area (Å²) in [6.07, 6.45) is 2.29. The van der Waals surface area contributed by atoms with Crippen LogP contribution in [0.5, 0.6) is 0 Å². The lowest BCUT2D eigenvalue weighted by Gasteiger charge is -2.33. The fourth-order valence-corrected chi connectivity index (χ4v) is 3.49. The van der Waals surface area contributed by atoms with Crippen molar-refractivity contribution in [3.63, 3.8) is 0 Å². The average Bonchev–Trinajstić information content (AvgIpc) is 2.84. The minimum atomic E-state index is -0.0380. The molecule has 0 saturated carbocycles. The third-order valence-electron chi connectivity index (χ3n) is 5.15. The summed E-state index contributed by atoms with van der Waals surface area (Å²) in [7, 11) is 0. The van der Waals surface area contributed by atoms with Gasteiger partial charge in [0.15, 0.2) is 0 Å². The van der Waals surface area contributed by atoms with Crippen molar-refractivity contribution in [2.45, 2.75) is 47.0 Å². The highest BCUT2D eigenvalue weighted by Gasteiger charge is 2.30. The summed E-state index contributed by atoms with van der Waals surface area (Å²) in [6, 6.07) is -0.0380. The Morgan fingerprint density at radius 2 is 1.46 bits per heavy atom. The Balaban J connectivity index is 1.81. The Bertz CT molecular complexity index is 521. The lowest BCUT2D eigenvalue weighted by atomic mass is 9.95. The lowest BCUT2D eigenvalue weighted by Crippen LogP contribution is -2.46. The fraction of sp³-hybridized carbons (Fsp3) is 0.842. The molecule has 26 heavy (non-hydrogen) atoms. The van der Waals surface area contributed by atoms with E-state index >= 15 is 0 Å². The molecule has 0 spiro atoms. The number of carbonyl (C=O) groups is 3. The third kappa shape index (κ3) is 5.88. The van der Waals surface area contributed by atoms with E-state index in [2.05, 4.69) is 26.1 Å². The van der Waals surface area contributed by atoms with Crippen molar-refractivity contribution in [1.82, 2.24) is 20.0 Å². The summed E-state index contributed by atoms with van der Waals surface area (Å²) >= 11 is 0. The number of hydrogen-bond acceptors (Lipinski definition) is 3. The smallest absolute Gasteiger partial charge is 0.317 e. The second kappa shape index (κ2) is 8.73. The van der Waals surface area contributed by atoms with Gasteiger partial charge in [-0.25, -0.2) is 4.79 Å². The van der Waals surface area contributed by atoms with Gasteiger partial charge in [0.25, 0.3) is 0 Å². The molecule has 2 aliphatic heterocycles. The average molecular weight is 367 g/mol. The van der Waals surface area contributed by atoms with E-state index in [-0.39, 0.29) is 29.2 Å². The molecule has 0 unspecified atom stereocenters. The van der Waals surface area contributed by atoms with Gasteiger partial charge in [0.1, 0.15) is 0 Å². The molecule has 0 aromatic carbocycles. The van der Waals surface area contributed by atoms with Gasteiger partial charge >= 0.3 is 6.03 Å². The number of hydrogen-bond donors (Lipinski definition) is 1. The summed E-state index contributed by atoms with van der Waals surface area (Å²) in [6.45, 7) is 12.4. The van der Waals surface area contributed by atoms with Gasteiger partial charge in [-0.2, -0.15) is 0 Å². The molecule has 2 rings (SSSR count). The monoisotopic (exact) mass is 366 g/mol. The van der Waals surface area contributed by atoms with Crippen LogP contribution in [0.3, 0.4) is 0 Å². The van der Waals surface area contributed by atoms with Crippen LogP contribution in [0.4, 0.5) is 4.79 Å². The van der Waals surface area contributed by atoms with Gasteiger partial charge in [-0.3, -0.25) is 9.59 Å². The third-order valence-corrected chi connectivity index (χ3v) is 5.15. The van der Waals surface area contributed by atoms with Crippen LogP contribution in [-0.2, 0) is 9.59 Å². The van der Waals surface area contributed by atoms with E-state index in [1.54, 1.807) is 6.92 Å². The normalized spacial score (nSPS) is 19.9. The topological polar surface area (TPSA) is 73.0 Å². The summed E-state index contributed by atoms with van der Waals surface area (Å²) in [5, 5.41) is 2.99. The van der Waals surface area contributed by atoms with E-state index in [4.69, 9.17) is 0 Å². The number of amides is 4. The highest BCUT2D eigenvalue weighted by molar-refractivity contribution is 5.80. The fourth-order valence-electron chi connectivity index (χ4n) is 3.49. The first-order chi connectivity index (χ1) is 12.2. The van der Waals surface area contributed by atoms with Crippen molar-refractivity contribution in [1.29, 1.82) is 0 Å². The van der Waals surface area contributed by atoms with E-state index in [1.807, 2.05) is 14.7 Å². The van der Waals surface area contributed by atoms with Crippen LogP contribution in [0.1, 0.15) is 47.0 Å². The maximum atomic E-state index is 12.8. The molecule has 2 aliphatic rings. The molecule has 2 saturated heterocycles. The standard InChI is InChI=1S/C19H34N4O3/c1-15(24)21-10-6-16(7-11-21)17(25)22-8-5-9-23(13-12-22)18(26)20-14-19(2,3)4/h16H,5-14H2,1-4H3,(H,20,26). The van der Waals surface area contributed by atoms with Gasteiger partial charge in [0, 0.05) is 58.7 Å². The van der Waals surface area contributed by atoms with Crippen LogP contribution < -0.4 is 5.32 Å². The number of piperidine rings is 1. The van der Waals surface area contributed by atoms with Gasteiger partial charge in [0.05, 0.1) is 0 Å². The van der Waals surface area contributed by atoms with Crippen molar-refractivity contribution in [2.75, 3.05) is 45.8 Å². The summed E-state index contributed by atoms with van der Waals surface area (Å²) in [5.74, 6) is 0.277. The molecule has 4 amide bonds. The van der Waals surface area contributed by atoms with Gasteiger partial charge in [-0.15, -0.1) is 0 Å². The molecule has 0 radical (unpaired) electrons. The first-order valence-corrected chi connectivity index (χ1v) is 9.74. The Hall–Kier alpha value is -1.79. The Labute approximate surface area is 157 Å². The highest BCUT2D eigenvalue weighted by atomic mass is 16.2. The van der Waals surface area contributed by atoms with E-state index in [1.165, 1.54) is 0 Å². The predicted octanol–water partition coefficient (Wildman–Crippen LogP) is 1.53. The molecule has 7 nitrogen and oxygen atoms in total. The zero-order chi connectivity index (χ0) is 19.3. The zero-order valence-corrected chi connectivity index (χ0v) is 16.7. The van der Waals surface area contributed by atoms with Gasteiger partial charge in [-0.1, -0.05) is 20.8 Å². The summed E-state index contributed by atoms with van der Waals surface area (Å²) in [5.41, 5.74) is 0.0538. The quantitative estimate of drug-likeness (QED) is 0.806. The van der Waals surface area contributed by atoms with Gasteiger partial charge < -0.3 is 20.0 Å². The molecule has 0 atom stereocenters. The highest BCUT2D eigenvalue weighted by Crippen LogP contribution is 2.21. The molecular formula is C19H34N4O3. The Morgan fingerprint density at radius 3 is 2.04 bits per heavy atom. The van der Waals surface area contributed by atoms with Crippen LogP contribution >= 0.6 is 0 Å². The van der Waals surface area contributed by atoms with Crippen LogP contribution in [0, 0.1) is 11.3 Å². The first kappa shape index (κ1) is 20.5. The van der Waals surface area contributed by atoms with Crippen molar-refractivity contribution in [3.8, 4) is 0 Å². The number of rotatable bonds is 2. The first-order valence-electron chi connectivity index (χ1n) is 9.74. The van der Waals surface area contributed by atoms with E-state index in [0.29, 0.717) is 45.8 Å². The summed E-state index contributed by atoms with van der Waals surface area (Å²) < 4.78 is 0. The molecule has 2 fully saturated rings. The SMILES string of the molecule is CC(=O)N1CCC(C(=O)N2CCCN(C(=O)NCC(C)(C)C)CC2)CC1. The molecule has 0 aromatic rings. The molecule has 0 aliphatic carbocycles. The van der Waals surface area contributed by atoms with Gasteiger partial charge in [-0.05, 0) is 24.7 Å². The van der Waals surface area contributed by atoms with Crippen LogP contribution in [0.15, 0.2) is 0 Å². The molecule has 2 heterocycles. The largest absolute Gasteiger partial charge is 0.343 e. The zero-order valence-electron chi connectivity index (χ0n) is 16.7. The molecule has 7 heteroatoms. The molecule has 0 aromatic heterocycles. The molecular weight excluding hydrogens is 332 g/mol.